The SMILES string of the molecule is CC1(C)S[C@@H]2[C@H](NC(=O)C(N)c3ccc(C(N)C(=O)N[C@@H]4C(=O)N5[C@@H]4SC(C)(C)[C@@H]5C(=O)O)cc3)C(=O)N2[C@H]1C(=O)O. The average Bonchev–Trinajstić information content (AvgIpc) is 3.33. The van der Waals surface area contributed by atoms with Crippen molar-refractivity contribution in [2.75, 3.05) is 0 Å². The standard InChI is InChI=1S/C26H32N6O8S2/c1-25(2)15(23(37)38)31-19(35)13(21(31)41-25)29-17(33)11(27)9-5-7-10(8-6-9)12(28)18(34)30-14-20(36)32-16(24(39)40)26(3,4)42-22(14)32/h5-8,11-16,21-22H,27-28H2,1-4H3,(H,29,33)(H,30,34)(H,37,38)(H,39,40)/t11?,12?,13-,14-,15+,16+,21-,22-/m1/s1. The molecule has 42 heavy (non-hydrogen) atoms. The summed E-state index contributed by atoms with van der Waals surface area (Å²) in [6, 6.07) is 0.0216. The maximum Gasteiger partial charge on any atom is 0.327 e. The molecule has 16 heteroatoms. The Morgan fingerprint density at radius 3 is 1.33 bits per heavy atom. The van der Waals surface area contributed by atoms with Crippen molar-refractivity contribution >= 4 is 59.1 Å². The molecular formula is C26H32N6O8S2. The lowest BCUT2D eigenvalue weighted by Gasteiger charge is -2.43. The van der Waals surface area contributed by atoms with E-state index in [1.54, 1.807) is 27.7 Å². The van der Waals surface area contributed by atoms with E-state index < -0.39 is 92.1 Å². The molecule has 0 spiro atoms. The molecule has 1 aromatic rings. The second-order valence-corrected chi connectivity index (χ2v) is 15.3. The van der Waals surface area contributed by atoms with Gasteiger partial charge in [-0.15, -0.1) is 23.5 Å². The number of hydrogen-bond donors (Lipinski definition) is 6. The molecule has 4 aliphatic rings. The molecule has 5 rings (SSSR count). The van der Waals surface area contributed by atoms with Gasteiger partial charge in [-0.25, -0.2) is 9.59 Å². The monoisotopic (exact) mass is 620 g/mol. The molecule has 0 saturated carbocycles. The van der Waals surface area contributed by atoms with Gasteiger partial charge in [-0.05, 0) is 38.8 Å². The number of hydrogen-bond acceptors (Lipinski definition) is 10. The molecule has 0 aliphatic carbocycles. The molecule has 1 aromatic carbocycles. The smallest absolute Gasteiger partial charge is 0.327 e. The van der Waals surface area contributed by atoms with Gasteiger partial charge in [0.2, 0.25) is 23.6 Å². The van der Waals surface area contributed by atoms with Crippen LogP contribution in [0.5, 0.6) is 0 Å². The molecule has 8 atom stereocenters. The number of fused-ring (bicyclic) bond motifs is 2. The van der Waals surface area contributed by atoms with Crippen LogP contribution in [0.4, 0.5) is 0 Å². The fraction of sp³-hybridized carbons (Fsp3) is 0.538. The van der Waals surface area contributed by atoms with Gasteiger partial charge in [-0.1, -0.05) is 24.3 Å². The summed E-state index contributed by atoms with van der Waals surface area (Å²) in [4.78, 5) is 77.0. The van der Waals surface area contributed by atoms with Crippen LogP contribution in [0.1, 0.15) is 50.9 Å². The molecule has 4 amide bonds. The number of rotatable bonds is 8. The maximum atomic E-state index is 12.9. The van der Waals surface area contributed by atoms with Gasteiger partial charge >= 0.3 is 11.9 Å². The van der Waals surface area contributed by atoms with Gasteiger partial charge in [-0.2, -0.15) is 0 Å². The van der Waals surface area contributed by atoms with E-state index >= 15 is 0 Å². The van der Waals surface area contributed by atoms with Crippen LogP contribution in [0.25, 0.3) is 0 Å². The predicted octanol–water partition coefficient (Wildman–Crippen LogP) is -1.05. The molecular weight excluding hydrogens is 588 g/mol. The van der Waals surface area contributed by atoms with Gasteiger partial charge in [0.15, 0.2) is 0 Å². The molecule has 4 fully saturated rings. The van der Waals surface area contributed by atoms with Crippen LogP contribution in [0.2, 0.25) is 0 Å². The Hall–Kier alpha value is -3.34. The molecule has 0 bridgehead atoms. The first-order valence-corrected chi connectivity index (χ1v) is 14.9. The number of carbonyl (C=O) groups is 6. The first-order chi connectivity index (χ1) is 19.5. The Labute approximate surface area is 249 Å². The van der Waals surface area contributed by atoms with Gasteiger partial charge in [-0.3, -0.25) is 19.2 Å². The van der Waals surface area contributed by atoms with Crippen molar-refractivity contribution in [3.8, 4) is 0 Å². The van der Waals surface area contributed by atoms with Crippen LogP contribution in [0.15, 0.2) is 24.3 Å². The molecule has 0 aromatic heterocycles. The van der Waals surface area contributed by atoms with Crippen molar-refractivity contribution in [1.29, 1.82) is 0 Å². The van der Waals surface area contributed by atoms with E-state index in [1.165, 1.54) is 57.6 Å². The number of carboxylic acids is 2. The second kappa shape index (κ2) is 10.1. The summed E-state index contributed by atoms with van der Waals surface area (Å²) < 4.78 is -1.46. The Kier molecular flexibility index (Phi) is 7.27. The van der Waals surface area contributed by atoms with E-state index in [-0.39, 0.29) is 0 Å². The highest BCUT2D eigenvalue weighted by Crippen LogP contribution is 2.52. The highest BCUT2D eigenvalue weighted by atomic mass is 32.2. The normalized spacial score (nSPS) is 31.7. The van der Waals surface area contributed by atoms with E-state index in [1.807, 2.05) is 0 Å². The third-order valence-electron chi connectivity index (χ3n) is 8.17. The minimum atomic E-state index is -1.15. The van der Waals surface area contributed by atoms with E-state index in [4.69, 9.17) is 11.5 Å². The van der Waals surface area contributed by atoms with Gasteiger partial charge < -0.3 is 42.1 Å². The number of nitrogens with two attached hydrogens (primary N) is 2. The molecule has 4 saturated heterocycles. The van der Waals surface area contributed by atoms with Crippen LogP contribution in [-0.2, 0) is 28.8 Å². The minimum absolute atomic E-state index is 0.393. The van der Waals surface area contributed by atoms with Crippen molar-refractivity contribution in [2.45, 2.75) is 84.2 Å². The lowest BCUT2D eigenvalue weighted by molar-refractivity contribution is -0.161. The molecule has 226 valence electrons. The number of thioether (sulfide) groups is 2. The number of benzene rings is 1. The Morgan fingerprint density at radius 2 is 1.05 bits per heavy atom. The molecule has 0 radical (unpaired) electrons. The summed E-state index contributed by atoms with van der Waals surface area (Å²) in [5.41, 5.74) is 13.1. The molecule has 4 aliphatic heterocycles. The third kappa shape index (κ3) is 4.60. The summed E-state index contributed by atoms with van der Waals surface area (Å²) in [5.74, 6) is -4.42. The number of nitrogens with one attached hydrogen (secondary N) is 2. The average molecular weight is 621 g/mol. The van der Waals surface area contributed by atoms with Crippen LogP contribution in [0, 0.1) is 0 Å². The minimum Gasteiger partial charge on any atom is -0.480 e. The molecule has 4 heterocycles. The van der Waals surface area contributed by atoms with Crippen molar-refractivity contribution < 1.29 is 39.0 Å². The van der Waals surface area contributed by atoms with Gasteiger partial charge in [0.1, 0.15) is 47.0 Å². The fourth-order valence-corrected chi connectivity index (χ4v) is 9.24. The quantitative estimate of drug-likeness (QED) is 0.192. The summed E-state index contributed by atoms with van der Waals surface area (Å²) in [7, 11) is 0. The number of amides is 4. The first kappa shape index (κ1) is 30.1. The highest BCUT2D eigenvalue weighted by Gasteiger charge is 2.65. The number of β-lactam (4-membered cyclic amide) rings is 2. The number of carbonyl (C=O) groups excluding carboxylic acids is 4. The Morgan fingerprint density at radius 1 is 0.738 bits per heavy atom. The van der Waals surface area contributed by atoms with E-state index in [0.29, 0.717) is 11.1 Å². The largest absolute Gasteiger partial charge is 0.480 e. The number of carboxylic acid groups (broad SMARTS) is 2. The summed E-state index contributed by atoms with van der Waals surface area (Å²) in [6.45, 7) is 6.95. The van der Waals surface area contributed by atoms with Crippen LogP contribution >= 0.6 is 23.5 Å². The van der Waals surface area contributed by atoms with Crippen molar-refractivity contribution in [2.24, 2.45) is 11.5 Å². The summed E-state index contributed by atoms with van der Waals surface area (Å²) in [6.07, 6.45) is 0. The van der Waals surface area contributed by atoms with Gasteiger partial charge in [0.05, 0.1) is 0 Å². The number of nitrogens with zero attached hydrogens (tertiary/aromatic N) is 2. The van der Waals surface area contributed by atoms with Gasteiger partial charge in [0, 0.05) is 9.49 Å². The predicted molar refractivity (Wildman–Crippen MR) is 152 cm³/mol. The topological polar surface area (TPSA) is 225 Å². The van der Waals surface area contributed by atoms with Crippen LogP contribution in [0.3, 0.4) is 0 Å². The third-order valence-corrected chi connectivity index (χ3v) is 11.3. The van der Waals surface area contributed by atoms with Crippen molar-refractivity contribution in [3.05, 3.63) is 35.4 Å². The highest BCUT2D eigenvalue weighted by molar-refractivity contribution is 8.02. The lowest BCUT2D eigenvalue weighted by atomic mass is 9.95. The fourth-order valence-electron chi connectivity index (χ4n) is 5.99. The van der Waals surface area contributed by atoms with E-state index in [0.717, 1.165) is 0 Å². The van der Waals surface area contributed by atoms with Crippen molar-refractivity contribution in [1.82, 2.24) is 20.4 Å². The zero-order chi connectivity index (χ0) is 31.0. The summed E-state index contributed by atoms with van der Waals surface area (Å²) >= 11 is 2.61. The summed E-state index contributed by atoms with van der Waals surface area (Å²) in [5, 5.41) is 23.3. The van der Waals surface area contributed by atoms with E-state index in [9.17, 15) is 39.0 Å². The van der Waals surface area contributed by atoms with E-state index in [2.05, 4.69) is 10.6 Å². The zero-order valence-corrected chi connectivity index (χ0v) is 24.8. The second-order valence-electron chi connectivity index (χ2n) is 11.8. The van der Waals surface area contributed by atoms with Crippen molar-refractivity contribution in [3.63, 3.8) is 0 Å². The molecule has 8 N–H and O–H groups in total. The zero-order valence-electron chi connectivity index (χ0n) is 23.1. The van der Waals surface area contributed by atoms with Crippen LogP contribution in [-0.4, -0.2) is 100.0 Å². The van der Waals surface area contributed by atoms with Gasteiger partial charge in [0.25, 0.3) is 0 Å². The maximum absolute atomic E-state index is 12.9. The first-order valence-electron chi connectivity index (χ1n) is 13.2. The molecule has 2 unspecified atom stereocenters. The number of aliphatic carboxylic acids is 2. The Balaban J connectivity index is 1.18. The van der Waals surface area contributed by atoms with Crippen LogP contribution < -0.4 is 22.1 Å². The Bertz CT molecular complexity index is 1280. The lowest BCUT2D eigenvalue weighted by Crippen LogP contribution is -2.71. The molecule has 14 nitrogen and oxygen atoms in total.